The summed E-state index contributed by atoms with van der Waals surface area (Å²) in [6.07, 6.45) is 3.22. The van der Waals surface area contributed by atoms with E-state index in [0.29, 0.717) is 17.4 Å². The van der Waals surface area contributed by atoms with Crippen LogP contribution in [0.4, 0.5) is 0 Å². The zero-order valence-corrected chi connectivity index (χ0v) is 14.0. The highest BCUT2D eigenvalue weighted by Crippen LogP contribution is 2.31. The molecule has 0 heterocycles. The third-order valence-electron chi connectivity index (χ3n) is 4.04. The van der Waals surface area contributed by atoms with E-state index in [-0.39, 0.29) is 0 Å². The van der Waals surface area contributed by atoms with Gasteiger partial charge in [-0.2, -0.15) is 0 Å². The Morgan fingerprint density at radius 1 is 1.24 bits per heavy atom. The van der Waals surface area contributed by atoms with Crippen LogP contribution in [0, 0.1) is 5.92 Å². The molecule has 118 valence electrons. The molecule has 5 heteroatoms. The molecule has 1 aliphatic carbocycles. The molecule has 0 unspecified atom stereocenters. The molecule has 0 aromatic heterocycles. The van der Waals surface area contributed by atoms with Crippen molar-refractivity contribution in [2.75, 3.05) is 20.1 Å². The first-order valence-corrected chi connectivity index (χ1v) is 9.21. The lowest BCUT2D eigenvalue weighted by molar-refractivity contribution is 0.452. The van der Waals surface area contributed by atoms with Crippen molar-refractivity contribution in [1.29, 1.82) is 0 Å². The second kappa shape index (κ2) is 6.90. The Kier molecular flexibility index (Phi) is 5.41. The van der Waals surface area contributed by atoms with Crippen molar-refractivity contribution in [1.82, 2.24) is 9.62 Å². The van der Waals surface area contributed by atoms with Gasteiger partial charge in [-0.1, -0.05) is 19.9 Å². The molecule has 0 spiro atoms. The van der Waals surface area contributed by atoms with Gasteiger partial charge in [-0.3, -0.25) is 0 Å². The summed E-state index contributed by atoms with van der Waals surface area (Å²) in [4.78, 5) is 0.413. The van der Waals surface area contributed by atoms with Crippen molar-refractivity contribution < 1.29 is 8.42 Å². The van der Waals surface area contributed by atoms with E-state index < -0.39 is 10.0 Å². The maximum Gasteiger partial charge on any atom is 0.242 e. The molecule has 1 N–H and O–H groups in total. The Balaban J connectivity index is 2.24. The normalized spacial score (nSPS) is 15.6. The number of nitrogens with zero attached hydrogens (tertiary/aromatic N) is 1. The number of sulfonamides is 1. The fourth-order valence-corrected chi connectivity index (χ4v) is 3.77. The number of aryl methyl sites for hydroxylation is 1. The minimum atomic E-state index is -3.36. The Morgan fingerprint density at radius 3 is 2.52 bits per heavy atom. The molecule has 1 aromatic carbocycles. The first-order valence-electron chi connectivity index (χ1n) is 7.77. The van der Waals surface area contributed by atoms with Crippen LogP contribution in [0.1, 0.15) is 37.8 Å². The predicted octanol–water partition coefficient (Wildman–Crippen LogP) is 2.39. The van der Waals surface area contributed by atoms with E-state index in [1.54, 1.807) is 13.1 Å². The molecule has 1 aromatic rings. The molecular weight excluding hydrogens is 284 g/mol. The Morgan fingerprint density at radius 2 is 1.95 bits per heavy atom. The predicted molar refractivity (Wildman–Crippen MR) is 85.7 cm³/mol. The van der Waals surface area contributed by atoms with Gasteiger partial charge in [0.2, 0.25) is 10.0 Å². The molecule has 0 bridgehead atoms. The number of nitrogens with one attached hydrogen (secondary N) is 1. The quantitative estimate of drug-likeness (QED) is 0.802. The SMILES string of the molecule is CCNCc1cc(S(=O)(=O)N(C)CC2CC2)ccc1CC. The van der Waals surface area contributed by atoms with Crippen LogP contribution in [-0.2, 0) is 23.0 Å². The van der Waals surface area contributed by atoms with Crippen molar-refractivity contribution in [3.63, 3.8) is 0 Å². The van der Waals surface area contributed by atoms with Crippen molar-refractivity contribution in [3.8, 4) is 0 Å². The summed E-state index contributed by atoms with van der Waals surface area (Å²) in [5, 5.41) is 3.28. The van der Waals surface area contributed by atoms with Crippen LogP contribution in [0.3, 0.4) is 0 Å². The Hall–Kier alpha value is -0.910. The third kappa shape index (κ3) is 4.05. The Bertz CT molecular complexity index is 580. The summed E-state index contributed by atoms with van der Waals surface area (Å²) in [6.45, 7) is 6.38. The zero-order chi connectivity index (χ0) is 15.5. The average molecular weight is 310 g/mol. The molecule has 1 aliphatic rings. The molecule has 2 rings (SSSR count). The number of benzene rings is 1. The van der Waals surface area contributed by atoms with E-state index in [2.05, 4.69) is 19.2 Å². The van der Waals surface area contributed by atoms with Crippen LogP contribution in [0.25, 0.3) is 0 Å². The second-order valence-corrected chi connectivity index (χ2v) is 7.84. The highest BCUT2D eigenvalue weighted by molar-refractivity contribution is 7.89. The fraction of sp³-hybridized carbons (Fsp3) is 0.625. The van der Waals surface area contributed by atoms with E-state index in [9.17, 15) is 8.42 Å². The lowest BCUT2D eigenvalue weighted by Gasteiger charge is -2.18. The van der Waals surface area contributed by atoms with E-state index in [4.69, 9.17) is 0 Å². The maximum atomic E-state index is 12.6. The molecule has 1 fully saturated rings. The first-order chi connectivity index (χ1) is 9.98. The van der Waals surface area contributed by atoms with Gasteiger partial charge in [0.15, 0.2) is 0 Å². The van der Waals surface area contributed by atoms with Crippen LogP contribution in [0.5, 0.6) is 0 Å². The van der Waals surface area contributed by atoms with E-state index in [1.165, 1.54) is 9.87 Å². The molecule has 1 saturated carbocycles. The van der Waals surface area contributed by atoms with Crippen molar-refractivity contribution in [3.05, 3.63) is 29.3 Å². The summed E-state index contributed by atoms with van der Waals surface area (Å²) in [5.74, 6) is 0.556. The van der Waals surface area contributed by atoms with Gasteiger partial charge in [0.1, 0.15) is 0 Å². The molecule has 0 aliphatic heterocycles. The van der Waals surface area contributed by atoms with Gasteiger partial charge in [-0.25, -0.2) is 12.7 Å². The lowest BCUT2D eigenvalue weighted by Crippen LogP contribution is -2.29. The molecule has 0 radical (unpaired) electrons. The fourth-order valence-electron chi connectivity index (χ4n) is 2.47. The molecule has 0 saturated heterocycles. The van der Waals surface area contributed by atoms with Crippen molar-refractivity contribution in [2.45, 2.75) is 44.6 Å². The minimum absolute atomic E-state index is 0.413. The average Bonchev–Trinajstić information content (AvgIpc) is 3.28. The standard InChI is InChI=1S/C16H26N2O2S/c1-4-14-8-9-16(10-15(14)11-17-5-2)21(19,20)18(3)12-13-6-7-13/h8-10,13,17H,4-7,11-12H2,1-3H3. The van der Waals surface area contributed by atoms with Gasteiger partial charge in [-0.15, -0.1) is 0 Å². The van der Waals surface area contributed by atoms with Crippen molar-refractivity contribution >= 4 is 10.0 Å². The molecule has 4 nitrogen and oxygen atoms in total. The lowest BCUT2D eigenvalue weighted by atomic mass is 10.1. The highest BCUT2D eigenvalue weighted by atomic mass is 32.2. The number of hydrogen-bond donors (Lipinski definition) is 1. The van der Waals surface area contributed by atoms with Crippen LogP contribution < -0.4 is 5.32 Å². The van der Waals surface area contributed by atoms with Gasteiger partial charge in [0.05, 0.1) is 4.90 Å². The van der Waals surface area contributed by atoms with Gasteiger partial charge >= 0.3 is 0 Å². The van der Waals surface area contributed by atoms with E-state index in [1.807, 2.05) is 12.1 Å². The topological polar surface area (TPSA) is 49.4 Å². The second-order valence-electron chi connectivity index (χ2n) is 5.79. The third-order valence-corrected chi connectivity index (χ3v) is 5.86. The van der Waals surface area contributed by atoms with Crippen LogP contribution >= 0.6 is 0 Å². The van der Waals surface area contributed by atoms with Crippen LogP contribution in [0.2, 0.25) is 0 Å². The zero-order valence-electron chi connectivity index (χ0n) is 13.2. The molecule has 21 heavy (non-hydrogen) atoms. The summed E-state index contributed by atoms with van der Waals surface area (Å²) in [5.41, 5.74) is 2.29. The van der Waals surface area contributed by atoms with Gasteiger partial charge < -0.3 is 5.32 Å². The Labute approximate surface area is 128 Å². The molecule has 0 amide bonds. The summed E-state index contributed by atoms with van der Waals surface area (Å²) in [6, 6.07) is 5.53. The van der Waals surface area contributed by atoms with E-state index >= 15 is 0 Å². The monoisotopic (exact) mass is 310 g/mol. The highest BCUT2D eigenvalue weighted by Gasteiger charge is 2.29. The summed E-state index contributed by atoms with van der Waals surface area (Å²) < 4.78 is 26.8. The maximum absolute atomic E-state index is 12.6. The van der Waals surface area contributed by atoms with Gasteiger partial charge in [0.25, 0.3) is 0 Å². The van der Waals surface area contributed by atoms with Gasteiger partial charge in [-0.05, 0) is 55.0 Å². The number of hydrogen-bond acceptors (Lipinski definition) is 3. The van der Waals surface area contributed by atoms with Crippen molar-refractivity contribution in [2.24, 2.45) is 5.92 Å². The van der Waals surface area contributed by atoms with Crippen LogP contribution in [0.15, 0.2) is 23.1 Å². The summed E-state index contributed by atoms with van der Waals surface area (Å²) >= 11 is 0. The first kappa shape index (κ1) is 16.5. The van der Waals surface area contributed by atoms with E-state index in [0.717, 1.165) is 37.9 Å². The number of rotatable bonds is 8. The minimum Gasteiger partial charge on any atom is -0.313 e. The van der Waals surface area contributed by atoms with Crippen LogP contribution in [-0.4, -0.2) is 32.9 Å². The molecular formula is C16H26N2O2S. The summed E-state index contributed by atoms with van der Waals surface area (Å²) in [7, 11) is -1.68. The largest absolute Gasteiger partial charge is 0.313 e. The smallest absolute Gasteiger partial charge is 0.242 e. The van der Waals surface area contributed by atoms with Gasteiger partial charge in [0, 0.05) is 20.1 Å². The molecule has 0 atom stereocenters.